The number of nitrogens with two attached hydrogens (primary N) is 1. The van der Waals surface area contributed by atoms with Crippen LogP contribution in [0.25, 0.3) is 0 Å². The third-order valence-electron chi connectivity index (χ3n) is 2.90. The second kappa shape index (κ2) is 4.74. The monoisotopic (exact) mass is 265 g/mol. The summed E-state index contributed by atoms with van der Waals surface area (Å²) in [6.45, 7) is 2.42. The van der Waals surface area contributed by atoms with E-state index in [4.69, 9.17) is 10.2 Å². The minimum atomic E-state index is 0.0576. The molecule has 0 saturated heterocycles. The topological polar surface area (TPSA) is 82.8 Å². The molecule has 1 aliphatic carbocycles. The van der Waals surface area contributed by atoms with E-state index in [0.717, 1.165) is 29.5 Å². The van der Waals surface area contributed by atoms with Crippen molar-refractivity contribution in [3.63, 3.8) is 0 Å². The predicted octanol–water partition coefficient (Wildman–Crippen LogP) is 1.70. The standard InChI is InChI=1S/C11H15N5OS/c1-7-2-5-9(17-7)10(6-12)18-11-13-14-15-16(11)8-3-4-8/h2,5,8,10H,3-4,6,12H2,1H3. The average Bonchev–Trinajstić information content (AvgIpc) is 2.96. The molecule has 96 valence electrons. The Morgan fingerprint density at radius 3 is 3.00 bits per heavy atom. The maximum Gasteiger partial charge on any atom is 0.210 e. The molecule has 0 spiro atoms. The van der Waals surface area contributed by atoms with Crippen LogP contribution >= 0.6 is 11.8 Å². The lowest BCUT2D eigenvalue weighted by Crippen LogP contribution is -2.10. The van der Waals surface area contributed by atoms with Gasteiger partial charge in [-0.15, -0.1) is 5.10 Å². The molecule has 2 aromatic heterocycles. The van der Waals surface area contributed by atoms with Crippen LogP contribution in [0.15, 0.2) is 21.7 Å². The lowest BCUT2D eigenvalue weighted by atomic mass is 10.3. The Bertz CT molecular complexity index is 533. The minimum Gasteiger partial charge on any atom is -0.465 e. The number of hydrogen-bond donors (Lipinski definition) is 1. The Hall–Kier alpha value is -1.34. The molecule has 1 saturated carbocycles. The Kier molecular flexibility index (Phi) is 3.09. The Labute approximate surface area is 109 Å². The molecular formula is C11H15N5OS. The van der Waals surface area contributed by atoms with Crippen molar-refractivity contribution in [2.24, 2.45) is 5.73 Å². The lowest BCUT2D eigenvalue weighted by Gasteiger charge is -2.10. The predicted molar refractivity (Wildman–Crippen MR) is 67.2 cm³/mol. The summed E-state index contributed by atoms with van der Waals surface area (Å²) >= 11 is 1.56. The molecule has 6 nitrogen and oxygen atoms in total. The Balaban J connectivity index is 1.78. The van der Waals surface area contributed by atoms with Crippen LogP contribution in [0.1, 0.15) is 35.7 Å². The van der Waals surface area contributed by atoms with Crippen molar-refractivity contribution < 1.29 is 4.42 Å². The molecule has 0 aromatic carbocycles. The van der Waals surface area contributed by atoms with E-state index < -0.39 is 0 Å². The van der Waals surface area contributed by atoms with Crippen molar-refractivity contribution in [1.82, 2.24) is 20.2 Å². The van der Waals surface area contributed by atoms with E-state index >= 15 is 0 Å². The van der Waals surface area contributed by atoms with Gasteiger partial charge in [-0.1, -0.05) is 11.8 Å². The largest absolute Gasteiger partial charge is 0.465 e. The molecule has 2 aromatic rings. The third kappa shape index (κ3) is 2.28. The molecular weight excluding hydrogens is 250 g/mol. The van der Waals surface area contributed by atoms with E-state index in [1.165, 1.54) is 0 Å². The van der Waals surface area contributed by atoms with Crippen LogP contribution < -0.4 is 5.73 Å². The summed E-state index contributed by atoms with van der Waals surface area (Å²) in [4.78, 5) is 0. The van der Waals surface area contributed by atoms with Crippen molar-refractivity contribution in [3.8, 4) is 0 Å². The van der Waals surface area contributed by atoms with Crippen LogP contribution in [-0.2, 0) is 0 Å². The number of hydrogen-bond acceptors (Lipinski definition) is 6. The van der Waals surface area contributed by atoms with Crippen molar-refractivity contribution in [3.05, 3.63) is 23.7 Å². The average molecular weight is 265 g/mol. The fraction of sp³-hybridized carbons (Fsp3) is 0.545. The van der Waals surface area contributed by atoms with E-state index in [2.05, 4.69) is 15.5 Å². The molecule has 1 aliphatic rings. The summed E-state index contributed by atoms with van der Waals surface area (Å²) in [5.74, 6) is 1.77. The summed E-state index contributed by atoms with van der Waals surface area (Å²) in [6.07, 6.45) is 2.32. The number of aromatic nitrogens is 4. The third-order valence-corrected chi connectivity index (χ3v) is 4.08. The van der Waals surface area contributed by atoms with E-state index in [9.17, 15) is 0 Å². The van der Waals surface area contributed by atoms with Crippen molar-refractivity contribution in [2.75, 3.05) is 6.54 Å². The molecule has 0 aliphatic heterocycles. The van der Waals surface area contributed by atoms with Gasteiger partial charge in [0.05, 0.1) is 11.3 Å². The first-order valence-electron chi connectivity index (χ1n) is 5.99. The van der Waals surface area contributed by atoms with Crippen LogP contribution in [0.5, 0.6) is 0 Å². The van der Waals surface area contributed by atoms with Crippen LogP contribution in [0, 0.1) is 6.92 Å². The first-order valence-corrected chi connectivity index (χ1v) is 6.87. The highest BCUT2D eigenvalue weighted by atomic mass is 32.2. The second-order valence-corrected chi connectivity index (χ2v) is 5.60. The van der Waals surface area contributed by atoms with E-state index in [1.54, 1.807) is 11.8 Å². The van der Waals surface area contributed by atoms with E-state index in [-0.39, 0.29) is 5.25 Å². The first kappa shape index (κ1) is 11.7. The molecule has 0 amide bonds. The highest BCUT2D eigenvalue weighted by Crippen LogP contribution is 2.40. The van der Waals surface area contributed by atoms with E-state index in [0.29, 0.717) is 12.6 Å². The van der Waals surface area contributed by atoms with Gasteiger partial charge in [-0.25, -0.2) is 4.68 Å². The zero-order valence-electron chi connectivity index (χ0n) is 10.1. The molecule has 0 radical (unpaired) electrons. The molecule has 0 bridgehead atoms. The molecule has 7 heteroatoms. The summed E-state index contributed by atoms with van der Waals surface area (Å²) in [5.41, 5.74) is 5.81. The highest BCUT2D eigenvalue weighted by molar-refractivity contribution is 7.99. The summed E-state index contributed by atoms with van der Waals surface area (Å²) in [7, 11) is 0. The minimum absolute atomic E-state index is 0.0576. The highest BCUT2D eigenvalue weighted by Gasteiger charge is 2.29. The molecule has 18 heavy (non-hydrogen) atoms. The fourth-order valence-corrected chi connectivity index (χ4v) is 2.76. The fourth-order valence-electron chi connectivity index (χ4n) is 1.79. The SMILES string of the molecule is Cc1ccc(C(CN)Sc2nnnn2C2CC2)o1. The van der Waals surface area contributed by atoms with Gasteiger partial charge in [-0.05, 0) is 42.3 Å². The number of thioether (sulfide) groups is 1. The van der Waals surface area contributed by atoms with Gasteiger partial charge in [0.25, 0.3) is 0 Å². The number of furan rings is 1. The molecule has 1 fully saturated rings. The number of tetrazole rings is 1. The quantitative estimate of drug-likeness (QED) is 0.828. The van der Waals surface area contributed by atoms with Gasteiger partial charge in [0.15, 0.2) is 0 Å². The summed E-state index contributed by atoms with van der Waals surface area (Å²) < 4.78 is 7.51. The summed E-state index contributed by atoms with van der Waals surface area (Å²) in [5, 5.41) is 12.7. The van der Waals surface area contributed by atoms with Gasteiger partial charge < -0.3 is 10.2 Å². The van der Waals surface area contributed by atoms with Gasteiger partial charge in [0.1, 0.15) is 11.5 Å². The second-order valence-electron chi connectivity index (χ2n) is 4.43. The molecule has 2 heterocycles. The maximum absolute atomic E-state index is 5.81. The first-order chi connectivity index (χ1) is 8.78. The lowest BCUT2D eigenvalue weighted by molar-refractivity contribution is 0.480. The van der Waals surface area contributed by atoms with Gasteiger partial charge in [-0.3, -0.25) is 0 Å². The molecule has 1 unspecified atom stereocenters. The molecule has 2 N–H and O–H groups in total. The van der Waals surface area contributed by atoms with Crippen molar-refractivity contribution >= 4 is 11.8 Å². The molecule has 1 atom stereocenters. The van der Waals surface area contributed by atoms with Crippen molar-refractivity contribution in [2.45, 2.75) is 36.2 Å². The number of aryl methyl sites for hydroxylation is 1. The Morgan fingerprint density at radius 2 is 2.39 bits per heavy atom. The Morgan fingerprint density at radius 1 is 1.56 bits per heavy atom. The normalized spacial score (nSPS) is 17.0. The van der Waals surface area contributed by atoms with Crippen LogP contribution in [0.3, 0.4) is 0 Å². The zero-order chi connectivity index (χ0) is 12.5. The summed E-state index contributed by atoms with van der Waals surface area (Å²) in [6, 6.07) is 4.38. The van der Waals surface area contributed by atoms with Gasteiger partial charge in [0.2, 0.25) is 5.16 Å². The number of rotatable bonds is 5. The molecule has 3 rings (SSSR count). The van der Waals surface area contributed by atoms with Gasteiger partial charge in [-0.2, -0.15) is 0 Å². The van der Waals surface area contributed by atoms with Crippen molar-refractivity contribution in [1.29, 1.82) is 0 Å². The maximum atomic E-state index is 5.81. The van der Waals surface area contributed by atoms with Gasteiger partial charge >= 0.3 is 0 Å². The van der Waals surface area contributed by atoms with E-state index in [1.807, 2.05) is 23.7 Å². The smallest absolute Gasteiger partial charge is 0.210 e. The van der Waals surface area contributed by atoms with Gasteiger partial charge in [0, 0.05) is 6.54 Å². The van der Waals surface area contributed by atoms with Crippen LogP contribution in [0.2, 0.25) is 0 Å². The zero-order valence-corrected chi connectivity index (χ0v) is 10.9. The van der Waals surface area contributed by atoms with Crippen LogP contribution in [0.4, 0.5) is 0 Å². The number of nitrogens with zero attached hydrogens (tertiary/aromatic N) is 4. The van der Waals surface area contributed by atoms with Crippen LogP contribution in [-0.4, -0.2) is 26.8 Å².